The van der Waals surface area contributed by atoms with Gasteiger partial charge in [-0.15, -0.1) is 0 Å². The Bertz CT molecular complexity index is 331. The van der Waals surface area contributed by atoms with Crippen LogP contribution in [0.15, 0.2) is 0 Å². The Hall–Kier alpha value is 2.79. The van der Waals surface area contributed by atoms with E-state index in [9.17, 15) is 0 Å². The van der Waals surface area contributed by atoms with Crippen LogP contribution in [0, 0.1) is 0 Å². The lowest BCUT2D eigenvalue weighted by atomic mass is 10.1. The van der Waals surface area contributed by atoms with Crippen molar-refractivity contribution in [3.05, 3.63) is 0 Å². The Morgan fingerprint density at radius 1 is 0.750 bits per heavy atom. The maximum atomic E-state index is 6.14. The second kappa shape index (κ2) is 7.35. The standard InChI is InChI=1S/C9H13Cl9OSi/c1-20(2,3)19-5-4-6(10,11)7(12,13)8(14,15)9(16,17)18/h4-5H2,1-3H3. The van der Waals surface area contributed by atoms with Gasteiger partial charge in [0.1, 0.15) is 0 Å². The summed E-state index contributed by atoms with van der Waals surface area (Å²) in [4.78, 5) is 0. The lowest BCUT2D eigenvalue weighted by molar-refractivity contribution is 0.291. The molecule has 20 heavy (non-hydrogen) atoms. The maximum absolute atomic E-state index is 6.14. The highest BCUT2D eigenvalue weighted by Gasteiger charge is 2.67. The van der Waals surface area contributed by atoms with Gasteiger partial charge in [0.2, 0.25) is 3.79 Å². The summed E-state index contributed by atoms with van der Waals surface area (Å²) in [5.74, 6) is 0. The van der Waals surface area contributed by atoms with Gasteiger partial charge in [-0.05, 0) is 19.6 Å². The van der Waals surface area contributed by atoms with E-state index in [0.29, 0.717) is 0 Å². The van der Waals surface area contributed by atoms with E-state index in [1.807, 2.05) is 19.6 Å². The molecule has 122 valence electrons. The summed E-state index contributed by atoms with van der Waals surface area (Å²) in [5.41, 5.74) is 0. The Morgan fingerprint density at radius 2 is 1.15 bits per heavy atom. The van der Waals surface area contributed by atoms with Crippen LogP contribution in [0.5, 0.6) is 0 Å². The Balaban J connectivity index is 5.08. The lowest BCUT2D eigenvalue weighted by Gasteiger charge is -2.44. The molecular formula is C9H13Cl9OSi. The normalized spacial score (nSPS) is 15.6. The van der Waals surface area contributed by atoms with E-state index in [4.69, 9.17) is 109 Å². The first-order valence-corrected chi connectivity index (χ1v) is 12.1. The van der Waals surface area contributed by atoms with Crippen LogP contribution in [-0.2, 0) is 4.43 Å². The molecule has 11 heteroatoms. The monoisotopic (exact) mass is 480 g/mol. The van der Waals surface area contributed by atoms with Gasteiger partial charge in [0, 0.05) is 13.0 Å². The largest absolute Gasteiger partial charge is 0.418 e. The zero-order valence-electron chi connectivity index (χ0n) is 10.7. The summed E-state index contributed by atoms with van der Waals surface area (Å²) in [6.07, 6.45) is 0.0509. The average molecular weight is 484 g/mol. The first-order chi connectivity index (χ1) is 8.46. The van der Waals surface area contributed by atoms with Gasteiger partial charge in [0.25, 0.3) is 0 Å². The van der Waals surface area contributed by atoms with Gasteiger partial charge >= 0.3 is 0 Å². The topological polar surface area (TPSA) is 9.23 Å². The van der Waals surface area contributed by atoms with Crippen LogP contribution in [0.4, 0.5) is 0 Å². The van der Waals surface area contributed by atoms with Crippen LogP contribution in [0.3, 0.4) is 0 Å². The summed E-state index contributed by atoms with van der Waals surface area (Å²) in [5, 5.41) is 0. The van der Waals surface area contributed by atoms with E-state index < -0.39 is 25.1 Å². The molecule has 1 nitrogen and oxygen atoms in total. The van der Waals surface area contributed by atoms with E-state index >= 15 is 0 Å². The van der Waals surface area contributed by atoms with Crippen molar-refractivity contribution in [1.29, 1.82) is 0 Å². The second-order valence-corrected chi connectivity index (χ2v) is 16.0. The van der Waals surface area contributed by atoms with Crippen molar-refractivity contribution in [3.63, 3.8) is 0 Å². The molecule has 0 amide bonds. The summed E-state index contributed by atoms with van der Waals surface area (Å²) in [7, 11) is -1.75. The van der Waals surface area contributed by atoms with E-state index in [0.717, 1.165) is 0 Å². The van der Waals surface area contributed by atoms with Crippen molar-refractivity contribution in [2.75, 3.05) is 6.61 Å². The van der Waals surface area contributed by atoms with Gasteiger partial charge in [-0.25, -0.2) is 0 Å². The van der Waals surface area contributed by atoms with Crippen molar-refractivity contribution in [1.82, 2.24) is 0 Å². The molecular weight excluding hydrogens is 471 g/mol. The van der Waals surface area contributed by atoms with Gasteiger partial charge in [0.05, 0.1) is 0 Å². The highest BCUT2D eigenvalue weighted by Crippen LogP contribution is 2.63. The average Bonchev–Trinajstić information content (AvgIpc) is 2.12. The minimum absolute atomic E-state index is 0.0509. The highest BCUT2D eigenvalue weighted by molar-refractivity contribution is 6.80. The summed E-state index contributed by atoms with van der Waals surface area (Å²) in [6.45, 7) is 6.22. The van der Waals surface area contributed by atoms with Gasteiger partial charge in [0.15, 0.2) is 21.3 Å². The van der Waals surface area contributed by atoms with Crippen molar-refractivity contribution in [3.8, 4) is 0 Å². The zero-order valence-corrected chi connectivity index (χ0v) is 18.5. The fourth-order valence-corrected chi connectivity index (χ4v) is 3.91. The van der Waals surface area contributed by atoms with Crippen molar-refractivity contribution in [2.45, 2.75) is 42.9 Å². The lowest BCUT2D eigenvalue weighted by Crippen LogP contribution is -2.56. The Morgan fingerprint density at radius 3 is 1.45 bits per heavy atom. The molecule has 0 aromatic carbocycles. The molecule has 0 aromatic rings. The van der Waals surface area contributed by atoms with Gasteiger partial charge < -0.3 is 4.43 Å². The number of alkyl halides is 9. The molecule has 0 bridgehead atoms. The molecule has 0 rings (SSSR count). The molecule has 0 aromatic heterocycles. The summed E-state index contributed by atoms with van der Waals surface area (Å²) in [6, 6.07) is 0. The van der Waals surface area contributed by atoms with Crippen LogP contribution < -0.4 is 0 Å². The number of rotatable bonds is 6. The number of hydrogen-bond acceptors (Lipinski definition) is 1. The minimum Gasteiger partial charge on any atom is -0.418 e. The van der Waals surface area contributed by atoms with Crippen molar-refractivity contribution in [2.24, 2.45) is 0 Å². The molecule has 0 unspecified atom stereocenters. The molecule has 0 radical (unpaired) electrons. The molecule has 0 fully saturated rings. The smallest absolute Gasteiger partial charge is 0.226 e. The predicted octanol–water partition coefficient (Wildman–Crippen LogP) is 7.12. The van der Waals surface area contributed by atoms with E-state index in [2.05, 4.69) is 0 Å². The molecule has 0 aliphatic heterocycles. The van der Waals surface area contributed by atoms with Crippen LogP contribution in [-0.4, -0.2) is 31.7 Å². The molecule has 0 aliphatic rings. The fraction of sp³-hybridized carbons (Fsp3) is 1.00. The highest BCUT2D eigenvalue weighted by atomic mass is 35.6. The van der Waals surface area contributed by atoms with Crippen LogP contribution >= 0.6 is 104 Å². The second-order valence-electron chi connectivity index (χ2n) is 5.06. The minimum atomic E-state index is -2.24. The first-order valence-electron chi connectivity index (χ1n) is 5.30. The SMILES string of the molecule is C[Si](C)(C)OCCC(Cl)(Cl)C(Cl)(Cl)C(Cl)(Cl)C(Cl)(Cl)Cl. The molecule has 0 spiro atoms. The van der Waals surface area contributed by atoms with Crippen molar-refractivity contribution < 1.29 is 4.43 Å². The molecule has 0 saturated carbocycles. The summed E-state index contributed by atoms with van der Waals surface area (Å²) < 4.78 is -2.75. The number of halogens is 9. The molecule has 0 aliphatic carbocycles. The Kier molecular flexibility index (Phi) is 8.37. The third kappa shape index (κ3) is 5.70. The van der Waals surface area contributed by atoms with Gasteiger partial charge in [-0.2, -0.15) is 0 Å². The van der Waals surface area contributed by atoms with Crippen molar-refractivity contribution >= 4 is 113 Å². The molecule has 0 atom stereocenters. The first kappa shape index (κ1) is 22.8. The van der Waals surface area contributed by atoms with Gasteiger partial charge in [-0.3, -0.25) is 0 Å². The third-order valence-electron chi connectivity index (χ3n) is 2.16. The summed E-state index contributed by atoms with van der Waals surface area (Å²) >= 11 is 53.4. The van der Waals surface area contributed by atoms with E-state index in [1.165, 1.54) is 0 Å². The molecule has 0 N–H and O–H groups in total. The fourth-order valence-electron chi connectivity index (χ4n) is 1.05. The number of hydrogen-bond donors (Lipinski definition) is 0. The van der Waals surface area contributed by atoms with Crippen LogP contribution in [0.2, 0.25) is 19.6 Å². The van der Waals surface area contributed by atoms with E-state index in [-0.39, 0.29) is 13.0 Å². The molecule has 0 heterocycles. The quantitative estimate of drug-likeness (QED) is 0.288. The third-order valence-corrected chi connectivity index (χ3v) is 8.73. The zero-order chi connectivity index (χ0) is 16.6. The Labute approximate surface area is 165 Å². The molecule has 0 saturated heterocycles. The van der Waals surface area contributed by atoms with E-state index in [1.54, 1.807) is 0 Å². The van der Waals surface area contributed by atoms with Gasteiger partial charge in [-0.1, -0.05) is 104 Å². The maximum Gasteiger partial charge on any atom is 0.226 e. The van der Waals surface area contributed by atoms with Crippen LogP contribution in [0.1, 0.15) is 6.42 Å². The predicted molar refractivity (Wildman–Crippen MR) is 97.5 cm³/mol. The van der Waals surface area contributed by atoms with Crippen LogP contribution in [0.25, 0.3) is 0 Å².